The lowest BCUT2D eigenvalue weighted by atomic mass is 9.93. The zero-order valence-electron chi connectivity index (χ0n) is 21.2. The van der Waals surface area contributed by atoms with Gasteiger partial charge in [0.05, 0.1) is 36.6 Å². The lowest BCUT2D eigenvalue weighted by molar-refractivity contribution is -0.139. The number of thiazole rings is 1. The number of hydrogen-bond acceptors (Lipinski definition) is 7. The standard InChI is InChI=1S/C28H30N2O5S/c1-6-8-21-24(27(32)35-7-2)25(20-16-19(33-4)13-14-22(20)34-5)30-26(31)23(36-28(30)29-21)15-18-11-9-17(3)10-12-18/h9-16,25H,6-8H2,1-5H3/b23-15-/t25-/m1/s1. The smallest absolute Gasteiger partial charge is 0.338 e. The normalized spacial score (nSPS) is 15.4. The number of aryl methyl sites for hydroxylation is 1. The van der Waals surface area contributed by atoms with Crippen LogP contribution in [0.4, 0.5) is 0 Å². The molecule has 7 nitrogen and oxygen atoms in total. The Morgan fingerprint density at radius 1 is 1.11 bits per heavy atom. The Balaban J connectivity index is 2.05. The van der Waals surface area contributed by atoms with Crippen LogP contribution in [0.3, 0.4) is 0 Å². The van der Waals surface area contributed by atoms with Crippen molar-refractivity contribution in [2.75, 3.05) is 20.8 Å². The van der Waals surface area contributed by atoms with E-state index in [1.165, 1.54) is 11.3 Å². The summed E-state index contributed by atoms with van der Waals surface area (Å²) in [6.07, 6.45) is 3.21. The molecule has 0 N–H and O–H groups in total. The molecule has 0 aliphatic carbocycles. The first-order valence-electron chi connectivity index (χ1n) is 11.9. The van der Waals surface area contributed by atoms with Gasteiger partial charge in [0.2, 0.25) is 0 Å². The second kappa shape index (κ2) is 11.0. The second-order valence-electron chi connectivity index (χ2n) is 8.43. The molecule has 188 valence electrons. The third-order valence-corrected chi connectivity index (χ3v) is 6.98. The molecule has 36 heavy (non-hydrogen) atoms. The van der Waals surface area contributed by atoms with Gasteiger partial charge in [-0.3, -0.25) is 9.36 Å². The van der Waals surface area contributed by atoms with Gasteiger partial charge in [-0.1, -0.05) is 54.5 Å². The van der Waals surface area contributed by atoms with Gasteiger partial charge >= 0.3 is 5.97 Å². The number of nitrogens with zero attached hydrogens (tertiary/aromatic N) is 2. The first-order valence-corrected chi connectivity index (χ1v) is 12.7. The van der Waals surface area contributed by atoms with Crippen molar-refractivity contribution < 1.29 is 19.0 Å². The molecular formula is C28H30N2O5S. The Morgan fingerprint density at radius 3 is 2.50 bits per heavy atom. The number of aromatic nitrogens is 1. The van der Waals surface area contributed by atoms with Crippen LogP contribution in [-0.2, 0) is 9.53 Å². The predicted octanol–water partition coefficient (Wildman–Crippen LogP) is 3.90. The quantitative estimate of drug-likeness (QED) is 0.433. The van der Waals surface area contributed by atoms with Crippen LogP contribution in [0.2, 0.25) is 0 Å². The van der Waals surface area contributed by atoms with Crippen LogP contribution >= 0.6 is 11.3 Å². The zero-order chi connectivity index (χ0) is 25.8. The molecule has 3 aromatic rings. The summed E-state index contributed by atoms with van der Waals surface area (Å²) in [7, 11) is 3.14. The van der Waals surface area contributed by atoms with Crippen molar-refractivity contribution >= 4 is 23.4 Å². The fraction of sp³-hybridized carbons (Fsp3) is 0.321. The number of fused-ring (bicyclic) bond motifs is 1. The molecule has 0 radical (unpaired) electrons. The van der Waals surface area contributed by atoms with Gasteiger partial charge in [-0.05, 0) is 50.1 Å². The van der Waals surface area contributed by atoms with E-state index in [2.05, 4.69) is 0 Å². The number of benzene rings is 2. The molecule has 1 aliphatic heterocycles. The highest BCUT2D eigenvalue weighted by Crippen LogP contribution is 2.38. The first kappa shape index (κ1) is 25.4. The number of allylic oxidation sites excluding steroid dienone is 1. The van der Waals surface area contributed by atoms with E-state index in [4.69, 9.17) is 19.2 Å². The summed E-state index contributed by atoms with van der Waals surface area (Å²) in [5, 5.41) is 0. The van der Waals surface area contributed by atoms with Crippen LogP contribution in [0.1, 0.15) is 49.4 Å². The van der Waals surface area contributed by atoms with Crippen molar-refractivity contribution in [1.82, 2.24) is 4.57 Å². The minimum absolute atomic E-state index is 0.210. The maximum Gasteiger partial charge on any atom is 0.338 e. The van der Waals surface area contributed by atoms with Crippen molar-refractivity contribution in [3.05, 3.63) is 90.1 Å². The molecule has 2 aromatic carbocycles. The largest absolute Gasteiger partial charge is 0.497 e. The van der Waals surface area contributed by atoms with E-state index in [1.54, 1.807) is 43.9 Å². The lowest BCUT2D eigenvalue weighted by Crippen LogP contribution is -2.40. The van der Waals surface area contributed by atoms with Crippen molar-refractivity contribution in [2.45, 2.75) is 39.7 Å². The number of rotatable bonds is 8. The summed E-state index contributed by atoms with van der Waals surface area (Å²) in [6.45, 7) is 6.02. The maximum atomic E-state index is 13.8. The van der Waals surface area contributed by atoms with Gasteiger partial charge in [-0.15, -0.1) is 0 Å². The van der Waals surface area contributed by atoms with E-state index < -0.39 is 12.0 Å². The fourth-order valence-corrected chi connectivity index (χ4v) is 5.30. The number of methoxy groups -OCH3 is 2. The van der Waals surface area contributed by atoms with E-state index in [0.29, 0.717) is 44.1 Å². The van der Waals surface area contributed by atoms with Crippen LogP contribution in [0.5, 0.6) is 11.5 Å². The van der Waals surface area contributed by atoms with Crippen molar-refractivity contribution in [3.63, 3.8) is 0 Å². The summed E-state index contributed by atoms with van der Waals surface area (Å²) in [6, 6.07) is 12.5. The van der Waals surface area contributed by atoms with E-state index in [-0.39, 0.29) is 12.2 Å². The molecule has 2 heterocycles. The zero-order valence-corrected chi connectivity index (χ0v) is 22.0. The Labute approximate surface area is 214 Å². The molecule has 0 saturated heterocycles. The van der Waals surface area contributed by atoms with Gasteiger partial charge in [0.15, 0.2) is 4.80 Å². The molecule has 4 rings (SSSR count). The highest BCUT2D eigenvalue weighted by Gasteiger charge is 2.36. The summed E-state index contributed by atoms with van der Waals surface area (Å²) in [4.78, 5) is 32.5. The second-order valence-corrected chi connectivity index (χ2v) is 9.44. The summed E-state index contributed by atoms with van der Waals surface area (Å²) < 4.78 is 18.7. The third kappa shape index (κ3) is 4.86. The molecule has 1 atom stereocenters. The van der Waals surface area contributed by atoms with Gasteiger partial charge in [0.25, 0.3) is 5.56 Å². The predicted molar refractivity (Wildman–Crippen MR) is 140 cm³/mol. The van der Waals surface area contributed by atoms with Crippen LogP contribution in [0.25, 0.3) is 6.08 Å². The molecule has 0 spiro atoms. The van der Waals surface area contributed by atoms with Crippen LogP contribution in [-0.4, -0.2) is 31.4 Å². The van der Waals surface area contributed by atoms with Crippen LogP contribution < -0.4 is 24.4 Å². The van der Waals surface area contributed by atoms with Crippen molar-refractivity contribution in [2.24, 2.45) is 4.99 Å². The Hall–Kier alpha value is -3.65. The summed E-state index contributed by atoms with van der Waals surface area (Å²) >= 11 is 1.31. The van der Waals surface area contributed by atoms with Gasteiger partial charge < -0.3 is 14.2 Å². The Bertz CT molecular complexity index is 1480. The minimum Gasteiger partial charge on any atom is -0.497 e. The molecule has 8 heteroatoms. The van der Waals surface area contributed by atoms with Crippen molar-refractivity contribution in [3.8, 4) is 11.5 Å². The van der Waals surface area contributed by atoms with E-state index in [0.717, 1.165) is 17.5 Å². The van der Waals surface area contributed by atoms with E-state index in [1.807, 2.05) is 44.2 Å². The van der Waals surface area contributed by atoms with Gasteiger partial charge in [0.1, 0.15) is 17.5 Å². The number of ether oxygens (including phenoxy) is 3. The Kier molecular flexibility index (Phi) is 7.74. The molecule has 1 aliphatic rings. The molecule has 0 bridgehead atoms. The van der Waals surface area contributed by atoms with Crippen LogP contribution in [0, 0.1) is 6.92 Å². The van der Waals surface area contributed by atoms with Gasteiger partial charge in [0, 0.05) is 5.56 Å². The SMILES string of the molecule is CCCC1=C(C(=O)OCC)[C@@H](c2cc(OC)ccc2OC)n2c(s/c(=C\c3ccc(C)cc3)c2=O)=N1. The van der Waals surface area contributed by atoms with Crippen molar-refractivity contribution in [1.29, 1.82) is 0 Å². The van der Waals surface area contributed by atoms with Gasteiger partial charge in [-0.25, -0.2) is 9.79 Å². The molecule has 0 amide bonds. The highest BCUT2D eigenvalue weighted by molar-refractivity contribution is 7.07. The minimum atomic E-state index is -0.771. The van der Waals surface area contributed by atoms with E-state index in [9.17, 15) is 9.59 Å². The number of esters is 1. The number of hydrogen-bond donors (Lipinski definition) is 0. The molecule has 0 saturated carbocycles. The average molecular weight is 507 g/mol. The van der Waals surface area contributed by atoms with E-state index >= 15 is 0 Å². The molecule has 1 aromatic heterocycles. The molecule has 0 fully saturated rings. The Morgan fingerprint density at radius 2 is 1.86 bits per heavy atom. The summed E-state index contributed by atoms with van der Waals surface area (Å²) in [5.74, 6) is 0.630. The number of carbonyl (C=O) groups excluding carboxylic acids is 1. The summed E-state index contributed by atoms with van der Waals surface area (Å²) in [5.41, 5.74) is 3.42. The van der Waals surface area contributed by atoms with Crippen LogP contribution in [0.15, 0.2) is 63.5 Å². The average Bonchev–Trinajstić information content (AvgIpc) is 3.18. The molecular weight excluding hydrogens is 476 g/mol. The van der Waals surface area contributed by atoms with Gasteiger partial charge in [-0.2, -0.15) is 0 Å². The maximum absolute atomic E-state index is 13.8. The number of carbonyl (C=O) groups is 1. The monoisotopic (exact) mass is 506 g/mol. The molecule has 0 unspecified atom stereocenters. The first-order chi connectivity index (χ1) is 17.4. The third-order valence-electron chi connectivity index (χ3n) is 6.00. The highest BCUT2D eigenvalue weighted by atomic mass is 32.1. The topological polar surface area (TPSA) is 79.1 Å². The fourth-order valence-electron chi connectivity index (χ4n) is 4.28. The lowest BCUT2D eigenvalue weighted by Gasteiger charge is -2.27.